The van der Waals surface area contributed by atoms with E-state index in [1.54, 1.807) is 6.20 Å². The minimum Gasteiger partial charge on any atom is -0.392 e. The normalized spacial score (nSPS) is 19.9. The smallest absolute Gasteiger partial charge is 0.225 e. The number of anilines is 1. The number of nitrogens with zero attached hydrogens (tertiary/aromatic N) is 4. The first-order valence-electron chi connectivity index (χ1n) is 7.04. The van der Waals surface area contributed by atoms with Gasteiger partial charge in [0.1, 0.15) is 0 Å². The molecule has 0 aliphatic carbocycles. The summed E-state index contributed by atoms with van der Waals surface area (Å²) in [6.45, 7) is 7.42. The van der Waals surface area contributed by atoms with E-state index in [1.807, 2.05) is 14.0 Å². The predicted molar refractivity (Wildman–Crippen MR) is 76.2 cm³/mol. The van der Waals surface area contributed by atoms with Crippen LogP contribution in [0.4, 0.5) is 5.95 Å². The molecule has 1 aliphatic heterocycles. The van der Waals surface area contributed by atoms with Crippen LogP contribution in [0, 0.1) is 6.92 Å². The number of aromatic nitrogens is 2. The average molecular weight is 264 g/mol. The van der Waals surface area contributed by atoms with Gasteiger partial charge in [0.15, 0.2) is 0 Å². The summed E-state index contributed by atoms with van der Waals surface area (Å²) < 4.78 is 0. The minimum absolute atomic E-state index is 0.00205. The molecule has 0 amide bonds. The van der Waals surface area contributed by atoms with Gasteiger partial charge in [0.05, 0.1) is 6.61 Å². The number of likely N-dealkylation sites (tertiary alicyclic amines) is 1. The number of aryl methyl sites for hydroxylation is 1. The van der Waals surface area contributed by atoms with Gasteiger partial charge in [0.25, 0.3) is 0 Å². The van der Waals surface area contributed by atoms with Gasteiger partial charge in [-0.3, -0.25) is 4.90 Å². The largest absolute Gasteiger partial charge is 0.392 e. The molecular weight excluding hydrogens is 240 g/mol. The van der Waals surface area contributed by atoms with Crippen molar-refractivity contribution in [2.24, 2.45) is 0 Å². The topological polar surface area (TPSA) is 52.5 Å². The van der Waals surface area contributed by atoms with Crippen LogP contribution in [0.25, 0.3) is 0 Å². The summed E-state index contributed by atoms with van der Waals surface area (Å²) in [5.41, 5.74) is 1.66. The number of aliphatic hydroxyl groups is 1. The van der Waals surface area contributed by atoms with Crippen molar-refractivity contribution >= 4 is 5.95 Å². The molecule has 1 N–H and O–H groups in total. The van der Waals surface area contributed by atoms with E-state index in [-0.39, 0.29) is 6.61 Å². The molecule has 1 aromatic heterocycles. The number of rotatable bonds is 5. The summed E-state index contributed by atoms with van der Waals surface area (Å²) in [5.74, 6) is 0.748. The van der Waals surface area contributed by atoms with Gasteiger partial charge in [0, 0.05) is 37.1 Å². The van der Waals surface area contributed by atoms with Gasteiger partial charge in [-0.25, -0.2) is 9.97 Å². The molecule has 19 heavy (non-hydrogen) atoms. The van der Waals surface area contributed by atoms with Gasteiger partial charge in [-0.2, -0.15) is 0 Å². The van der Waals surface area contributed by atoms with Crippen LogP contribution in [-0.2, 0) is 6.61 Å². The third-order valence-electron chi connectivity index (χ3n) is 3.97. The van der Waals surface area contributed by atoms with Gasteiger partial charge in [-0.05, 0) is 32.9 Å². The maximum absolute atomic E-state index is 9.14. The van der Waals surface area contributed by atoms with E-state index in [9.17, 15) is 0 Å². The summed E-state index contributed by atoms with van der Waals surface area (Å²) in [6, 6.07) is 0.608. The predicted octanol–water partition coefficient (Wildman–Crippen LogP) is 1.20. The molecule has 0 spiro atoms. The quantitative estimate of drug-likeness (QED) is 0.866. The van der Waals surface area contributed by atoms with Crippen LogP contribution < -0.4 is 4.90 Å². The Kier molecular flexibility index (Phi) is 4.71. The van der Waals surface area contributed by atoms with E-state index in [0.29, 0.717) is 6.04 Å². The number of hydrogen-bond donors (Lipinski definition) is 1. The van der Waals surface area contributed by atoms with Gasteiger partial charge >= 0.3 is 0 Å². The molecule has 2 rings (SSSR count). The van der Waals surface area contributed by atoms with Crippen LogP contribution in [0.2, 0.25) is 0 Å². The van der Waals surface area contributed by atoms with Gasteiger partial charge in [-0.15, -0.1) is 0 Å². The lowest BCUT2D eigenvalue weighted by atomic mass is 10.2. The fraction of sp³-hybridized carbons (Fsp3) is 0.714. The Hall–Kier alpha value is -1.20. The third-order valence-corrected chi connectivity index (χ3v) is 3.97. The molecule has 0 saturated carbocycles. The molecular formula is C14H24N4O. The highest BCUT2D eigenvalue weighted by Gasteiger charge is 2.24. The summed E-state index contributed by atoms with van der Waals surface area (Å²) in [4.78, 5) is 13.4. The molecule has 106 valence electrons. The van der Waals surface area contributed by atoms with Crippen LogP contribution in [0.5, 0.6) is 0 Å². The van der Waals surface area contributed by atoms with Crippen LogP contribution in [0.3, 0.4) is 0 Å². The lowest BCUT2D eigenvalue weighted by molar-refractivity contribution is 0.270. The molecule has 0 bridgehead atoms. The molecule has 1 unspecified atom stereocenters. The van der Waals surface area contributed by atoms with Crippen molar-refractivity contribution in [3.05, 3.63) is 17.5 Å². The highest BCUT2D eigenvalue weighted by Crippen LogP contribution is 2.19. The summed E-state index contributed by atoms with van der Waals surface area (Å²) in [5, 5.41) is 9.14. The Labute approximate surface area is 115 Å². The van der Waals surface area contributed by atoms with Crippen LogP contribution >= 0.6 is 0 Å². The summed E-state index contributed by atoms with van der Waals surface area (Å²) >= 11 is 0. The van der Waals surface area contributed by atoms with Crippen LogP contribution in [0.1, 0.15) is 31.0 Å². The molecule has 5 heteroatoms. The maximum atomic E-state index is 9.14. The van der Waals surface area contributed by atoms with Crippen molar-refractivity contribution in [3.8, 4) is 0 Å². The second-order valence-corrected chi connectivity index (χ2v) is 5.24. The molecule has 1 aromatic rings. The first-order chi connectivity index (χ1) is 9.15. The maximum Gasteiger partial charge on any atom is 0.225 e. The monoisotopic (exact) mass is 264 g/mol. The Morgan fingerprint density at radius 3 is 2.95 bits per heavy atom. The third kappa shape index (κ3) is 3.22. The Bertz CT molecular complexity index is 424. The minimum atomic E-state index is 0.00205. The fourth-order valence-corrected chi connectivity index (χ4v) is 2.73. The van der Waals surface area contributed by atoms with Crippen molar-refractivity contribution in [1.29, 1.82) is 0 Å². The Balaban J connectivity index is 2.03. The number of likely N-dealkylation sites (N-methyl/N-ethyl adjacent to an activating group) is 2. The first-order valence-corrected chi connectivity index (χ1v) is 7.04. The highest BCUT2D eigenvalue weighted by atomic mass is 16.3. The lowest BCUT2D eigenvalue weighted by Gasteiger charge is -2.27. The second kappa shape index (κ2) is 6.30. The fourth-order valence-electron chi connectivity index (χ4n) is 2.73. The van der Waals surface area contributed by atoms with E-state index in [1.165, 1.54) is 19.4 Å². The zero-order valence-corrected chi connectivity index (χ0v) is 12.1. The SMILES string of the molecule is CCN1CCCC1CN(C)c1ncc(CO)c(C)n1. The number of hydrogen-bond acceptors (Lipinski definition) is 5. The molecule has 0 radical (unpaired) electrons. The molecule has 1 fully saturated rings. The van der Waals surface area contributed by atoms with Gasteiger partial charge in [-0.1, -0.05) is 6.92 Å². The zero-order chi connectivity index (χ0) is 13.8. The second-order valence-electron chi connectivity index (χ2n) is 5.24. The zero-order valence-electron chi connectivity index (χ0n) is 12.1. The van der Waals surface area contributed by atoms with Crippen molar-refractivity contribution in [2.45, 2.75) is 39.3 Å². The molecule has 2 heterocycles. The van der Waals surface area contributed by atoms with Crippen LogP contribution in [0.15, 0.2) is 6.20 Å². The van der Waals surface area contributed by atoms with Gasteiger partial charge in [0.2, 0.25) is 5.95 Å². The van der Waals surface area contributed by atoms with Crippen molar-refractivity contribution < 1.29 is 5.11 Å². The van der Waals surface area contributed by atoms with Crippen molar-refractivity contribution in [3.63, 3.8) is 0 Å². The summed E-state index contributed by atoms with van der Waals surface area (Å²) in [7, 11) is 2.04. The van der Waals surface area contributed by atoms with Crippen molar-refractivity contribution in [2.75, 3.05) is 31.6 Å². The van der Waals surface area contributed by atoms with E-state index in [4.69, 9.17) is 5.11 Å². The standard InChI is InChI=1S/C14H24N4O/c1-4-18-7-5-6-13(18)9-17(3)14-15-8-12(10-19)11(2)16-14/h8,13,19H,4-7,9-10H2,1-3H3. The van der Waals surface area contributed by atoms with Crippen molar-refractivity contribution in [1.82, 2.24) is 14.9 Å². The average Bonchev–Trinajstić information content (AvgIpc) is 2.85. The molecule has 0 aromatic carbocycles. The number of aliphatic hydroxyl groups excluding tert-OH is 1. The highest BCUT2D eigenvalue weighted by molar-refractivity contribution is 5.32. The molecule has 1 atom stereocenters. The van der Waals surface area contributed by atoms with E-state index < -0.39 is 0 Å². The Morgan fingerprint density at radius 1 is 1.53 bits per heavy atom. The van der Waals surface area contributed by atoms with E-state index in [0.717, 1.165) is 30.3 Å². The lowest BCUT2D eigenvalue weighted by Crippen LogP contribution is -2.39. The van der Waals surface area contributed by atoms with E-state index in [2.05, 4.69) is 26.7 Å². The molecule has 5 nitrogen and oxygen atoms in total. The summed E-state index contributed by atoms with van der Waals surface area (Å²) in [6.07, 6.45) is 4.27. The van der Waals surface area contributed by atoms with Crippen LogP contribution in [-0.4, -0.2) is 52.7 Å². The molecule has 1 aliphatic rings. The Morgan fingerprint density at radius 2 is 2.32 bits per heavy atom. The first kappa shape index (κ1) is 14.2. The van der Waals surface area contributed by atoms with E-state index >= 15 is 0 Å². The van der Waals surface area contributed by atoms with Gasteiger partial charge < -0.3 is 10.0 Å². The molecule has 1 saturated heterocycles.